The minimum atomic E-state index is -0.893. The van der Waals surface area contributed by atoms with Gasteiger partial charge in [-0.2, -0.15) is 0 Å². The number of carbonyl (C=O) groups excluding carboxylic acids is 2. The number of hydrogen-bond donors (Lipinski definition) is 1. The van der Waals surface area contributed by atoms with Crippen molar-refractivity contribution >= 4 is 12.3 Å². The molecule has 14 heteroatoms. The van der Waals surface area contributed by atoms with Gasteiger partial charge in [0.2, 0.25) is 0 Å². The molecule has 11 aliphatic heterocycles. The molecule has 0 aromatic carbocycles. The third-order valence-electron chi connectivity index (χ3n) is 18.1. The SMILES string of the molecule is C=C(C=O)C[C@H]1C[C@H](O)[C@]2(C)O[C@@H]3C[C@@H]4O[C@@H]5C[C@]6(C)O[C@]7(C)CC[C@@H]8O[C@@H]9C[C@]%10(C)O[C@@H]%11C(C)=CC(=O)O[C@H]%11C[C@H]%10O[C@H]9C[C@@H](C)[C@H]8O[C@H]7C[C@H]6O[C@@]5(C)CCC[C@H]4O[C@H]3C[C@H]2O1. The first-order valence-electron chi connectivity index (χ1n) is 24.7. The van der Waals surface area contributed by atoms with Crippen molar-refractivity contribution in [2.24, 2.45) is 5.92 Å². The molecule has 0 spiro atoms. The molecule has 0 bridgehead atoms. The summed E-state index contributed by atoms with van der Waals surface area (Å²) in [5.74, 6) is -0.134. The Morgan fingerprint density at radius 2 is 1.42 bits per heavy atom. The van der Waals surface area contributed by atoms with Crippen molar-refractivity contribution in [3.05, 3.63) is 23.8 Å². The Morgan fingerprint density at radius 1 is 0.688 bits per heavy atom. The van der Waals surface area contributed by atoms with Crippen molar-refractivity contribution in [1.29, 1.82) is 0 Å². The number of esters is 1. The molecule has 0 amide bonds. The molecule has 11 aliphatic rings. The van der Waals surface area contributed by atoms with Crippen LogP contribution >= 0.6 is 0 Å². The Hall–Kier alpha value is -1.82. The first-order chi connectivity index (χ1) is 30.4. The summed E-state index contributed by atoms with van der Waals surface area (Å²) in [6, 6.07) is 0. The van der Waals surface area contributed by atoms with E-state index in [1.54, 1.807) is 6.08 Å². The molecule has 0 unspecified atom stereocenters. The average Bonchev–Trinajstić information content (AvgIpc) is 3.43. The molecule has 0 aromatic heterocycles. The van der Waals surface area contributed by atoms with Gasteiger partial charge in [0.05, 0.1) is 114 Å². The Kier molecular flexibility index (Phi) is 11.1. The maximum atomic E-state index is 12.3. The summed E-state index contributed by atoms with van der Waals surface area (Å²) >= 11 is 0. The van der Waals surface area contributed by atoms with Crippen LogP contribution in [0.4, 0.5) is 0 Å². The van der Waals surface area contributed by atoms with E-state index in [2.05, 4.69) is 41.2 Å². The predicted molar refractivity (Wildman–Crippen MR) is 228 cm³/mol. The zero-order valence-electron chi connectivity index (χ0n) is 38.9. The molecule has 1 N–H and O–H groups in total. The highest BCUT2D eigenvalue weighted by Crippen LogP contribution is 2.55. The van der Waals surface area contributed by atoms with Crippen LogP contribution in [0.5, 0.6) is 0 Å². The number of aliphatic hydroxyl groups is 1. The molecule has 0 aliphatic carbocycles. The molecule has 0 aromatic rings. The molecule has 23 atom stereocenters. The predicted octanol–water partition coefficient (Wildman–Crippen LogP) is 5.70. The van der Waals surface area contributed by atoms with Gasteiger partial charge in [0, 0.05) is 57.4 Å². The Balaban J connectivity index is 0.771. The maximum Gasteiger partial charge on any atom is 0.331 e. The molecule has 11 heterocycles. The number of fused-ring (bicyclic) bond motifs is 10. The van der Waals surface area contributed by atoms with E-state index in [4.69, 9.17) is 52.1 Å². The first kappa shape index (κ1) is 44.7. The zero-order chi connectivity index (χ0) is 44.7. The van der Waals surface area contributed by atoms with E-state index in [0.29, 0.717) is 50.5 Å². The highest BCUT2D eigenvalue weighted by molar-refractivity contribution is 5.84. The molecule has 0 radical (unpaired) electrons. The fraction of sp³-hybridized carbons (Fsp3) is 0.880. The van der Waals surface area contributed by atoms with Crippen molar-refractivity contribution in [3.63, 3.8) is 0 Å². The molecule has 11 rings (SSSR count). The second-order valence-electron chi connectivity index (χ2n) is 23.0. The molecule has 64 heavy (non-hydrogen) atoms. The molecule has 10 saturated heterocycles. The monoisotopic (exact) mass is 896 g/mol. The second-order valence-corrected chi connectivity index (χ2v) is 23.0. The van der Waals surface area contributed by atoms with Gasteiger partial charge in [0.15, 0.2) is 0 Å². The van der Waals surface area contributed by atoms with Crippen LogP contribution in [0.2, 0.25) is 0 Å². The van der Waals surface area contributed by atoms with E-state index in [9.17, 15) is 14.7 Å². The third kappa shape index (κ3) is 7.45. The Labute approximate surface area is 378 Å². The standard InChI is InChI=1S/C50H72O14/c1-25(24-51)14-28-17-37(52)50(8)41(54-28)19-33-34(61-50)18-32-29(55-33)10-9-12-46(4)42(58-32)23-49(7)40(62-46)21-39-47(5,64-49)13-11-30-44(60-39)26(2)15-31-36(56-30)22-48(6)38(57-31)20-35-45(63-48)27(3)16-43(53)59-35/h16,24,26,28-42,44-45,52H,1,9-15,17-23H2,2-8H3/t26-,28+,29-,30+,31+,32+,33+,34-,35+,36-,37+,38-,39+,40-,41-,42-,44-,45-,46+,47-,48+,49+,50+/m1/s1. The summed E-state index contributed by atoms with van der Waals surface area (Å²) in [6.07, 6.45) is 7.98. The fourth-order valence-corrected chi connectivity index (χ4v) is 14.4. The van der Waals surface area contributed by atoms with E-state index < -0.39 is 34.1 Å². The smallest absolute Gasteiger partial charge is 0.331 e. The van der Waals surface area contributed by atoms with Crippen LogP contribution in [0.25, 0.3) is 0 Å². The normalized spacial score (nSPS) is 56.7. The van der Waals surface area contributed by atoms with Crippen LogP contribution in [-0.4, -0.2) is 149 Å². The largest absolute Gasteiger partial charge is 0.456 e. The lowest BCUT2D eigenvalue weighted by atomic mass is 9.72. The summed E-state index contributed by atoms with van der Waals surface area (Å²) in [4.78, 5) is 23.6. The van der Waals surface area contributed by atoms with Gasteiger partial charge in [-0.1, -0.05) is 13.5 Å². The van der Waals surface area contributed by atoms with E-state index in [0.717, 1.165) is 56.8 Å². The Morgan fingerprint density at radius 3 is 2.23 bits per heavy atom. The molecular weight excluding hydrogens is 825 g/mol. The maximum absolute atomic E-state index is 12.3. The number of rotatable bonds is 3. The summed E-state index contributed by atoms with van der Waals surface area (Å²) in [5, 5.41) is 11.4. The van der Waals surface area contributed by atoms with Gasteiger partial charge in [-0.3, -0.25) is 4.79 Å². The van der Waals surface area contributed by atoms with Crippen LogP contribution in [0.1, 0.15) is 138 Å². The van der Waals surface area contributed by atoms with E-state index in [-0.39, 0.29) is 110 Å². The van der Waals surface area contributed by atoms with E-state index in [1.807, 2.05) is 13.8 Å². The van der Waals surface area contributed by atoms with Gasteiger partial charge < -0.3 is 57.2 Å². The van der Waals surface area contributed by atoms with Crippen LogP contribution in [-0.2, 0) is 61.7 Å². The van der Waals surface area contributed by atoms with Gasteiger partial charge >= 0.3 is 5.97 Å². The number of ether oxygens (including phenoxy) is 11. The minimum Gasteiger partial charge on any atom is -0.456 e. The number of aliphatic hydroxyl groups excluding tert-OH is 1. The van der Waals surface area contributed by atoms with Gasteiger partial charge in [0.25, 0.3) is 0 Å². The topological polar surface area (TPSA) is 156 Å². The second kappa shape index (κ2) is 15.9. The fourth-order valence-electron chi connectivity index (χ4n) is 14.4. The lowest BCUT2D eigenvalue weighted by molar-refractivity contribution is -0.362. The van der Waals surface area contributed by atoms with Gasteiger partial charge in [-0.15, -0.1) is 0 Å². The van der Waals surface area contributed by atoms with Crippen molar-refractivity contribution in [1.82, 2.24) is 0 Å². The van der Waals surface area contributed by atoms with Gasteiger partial charge in [0.1, 0.15) is 24.1 Å². The zero-order valence-corrected chi connectivity index (χ0v) is 38.9. The number of hydrogen-bond acceptors (Lipinski definition) is 14. The number of aldehydes is 1. The first-order valence-corrected chi connectivity index (χ1v) is 24.7. The molecule has 0 saturated carbocycles. The lowest BCUT2D eigenvalue weighted by Crippen LogP contribution is -2.70. The van der Waals surface area contributed by atoms with Crippen molar-refractivity contribution < 1.29 is 66.8 Å². The summed E-state index contributed by atoms with van der Waals surface area (Å²) in [7, 11) is 0. The lowest BCUT2D eigenvalue weighted by Gasteiger charge is -2.61. The minimum absolute atomic E-state index is 0.0978. The van der Waals surface area contributed by atoms with Crippen molar-refractivity contribution in [2.75, 3.05) is 0 Å². The molecule has 14 nitrogen and oxygen atoms in total. The van der Waals surface area contributed by atoms with Crippen LogP contribution in [0, 0.1) is 5.92 Å². The average molecular weight is 897 g/mol. The molecular formula is C50H72O14. The van der Waals surface area contributed by atoms with Gasteiger partial charge in [-0.25, -0.2) is 4.79 Å². The molecule has 10 fully saturated rings. The van der Waals surface area contributed by atoms with E-state index >= 15 is 0 Å². The van der Waals surface area contributed by atoms with Gasteiger partial charge in [-0.05, 0) is 97.1 Å². The summed E-state index contributed by atoms with van der Waals surface area (Å²) < 4.78 is 75.9. The van der Waals surface area contributed by atoms with Crippen LogP contribution < -0.4 is 0 Å². The summed E-state index contributed by atoms with van der Waals surface area (Å²) in [6.45, 7) is 18.8. The van der Waals surface area contributed by atoms with Crippen LogP contribution in [0.3, 0.4) is 0 Å². The quantitative estimate of drug-likeness (QED) is 0.209. The van der Waals surface area contributed by atoms with Crippen molar-refractivity contribution in [2.45, 2.75) is 270 Å². The Bertz CT molecular complexity index is 1890. The highest BCUT2D eigenvalue weighted by atomic mass is 16.7. The summed E-state index contributed by atoms with van der Waals surface area (Å²) in [5.41, 5.74) is -1.80. The third-order valence-corrected chi connectivity index (χ3v) is 18.1. The van der Waals surface area contributed by atoms with Crippen molar-refractivity contribution in [3.8, 4) is 0 Å². The molecule has 356 valence electrons. The van der Waals surface area contributed by atoms with Crippen LogP contribution in [0.15, 0.2) is 23.8 Å². The van der Waals surface area contributed by atoms with E-state index in [1.165, 1.54) is 0 Å². The highest BCUT2D eigenvalue weighted by Gasteiger charge is 2.64. The number of carbonyl (C=O) groups is 2.